The van der Waals surface area contributed by atoms with Crippen molar-refractivity contribution < 1.29 is 23.8 Å². The van der Waals surface area contributed by atoms with E-state index in [2.05, 4.69) is 17.4 Å². The topological polar surface area (TPSA) is 77.1 Å². The largest absolute Gasteiger partial charge is 0.490 e. The van der Waals surface area contributed by atoms with Gasteiger partial charge in [-0.25, -0.2) is 0 Å². The van der Waals surface area contributed by atoms with Crippen LogP contribution in [-0.2, 0) is 19.1 Å². The van der Waals surface area contributed by atoms with Crippen molar-refractivity contribution in [1.29, 1.82) is 0 Å². The minimum Gasteiger partial charge on any atom is -0.490 e. The Morgan fingerprint density at radius 2 is 1.94 bits per heavy atom. The Kier molecular flexibility index (Phi) is 5.65. The lowest BCUT2D eigenvalue weighted by molar-refractivity contribution is -0.144. The molecule has 1 spiro atoms. The molecule has 4 heterocycles. The van der Waals surface area contributed by atoms with Crippen LogP contribution in [0.2, 0.25) is 0 Å². The minimum absolute atomic E-state index is 0.0393. The maximum absolute atomic E-state index is 13.3. The summed E-state index contributed by atoms with van der Waals surface area (Å²) in [6, 6.07) is 8.03. The average Bonchev–Trinajstić information content (AvgIpc) is 3.09. The van der Waals surface area contributed by atoms with Crippen LogP contribution in [-0.4, -0.2) is 66.9 Å². The summed E-state index contributed by atoms with van der Waals surface area (Å²) in [4.78, 5) is 27.3. The van der Waals surface area contributed by atoms with E-state index in [4.69, 9.17) is 14.2 Å². The van der Waals surface area contributed by atoms with Crippen molar-refractivity contribution in [3.63, 3.8) is 0 Å². The zero-order valence-electron chi connectivity index (χ0n) is 18.2. The van der Waals surface area contributed by atoms with Crippen molar-refractivity contribution in [3.8, 4) is 5.75 Å². The molecule has 7 heteroatoms. The summed E-state index contributed by atoms with van der Waals surface area (Å²) >= 11 is 0. The highest BCUT2D eigenvalue weighted by Crippen LogP contribution is 2.40. The van der Waals surface area contributed by atoms with Gasteiger partial charge < -0.3 is 24.4 Å². The van der Waals surface area contributed by atoms with Crippen LogP contribution in [0.3, 0.4) is 0 Å². The monoisotopic (exact) mass is 428 g/mol. The number of hydrogen-bond acceptors (Lipinski definition) is 5. The predicted octanol–water partition coefficient (Wildman–Crippen LogP) is 2.39. The lowest BCUT2D eigenvalue weighted by atomic mass is 9.82. The van der Waals surface area contributed by atoms with Crippen molar-refractivity contribution in [3.05, 3.63) is 29.8 Å². The Morgan fingerprint density at radius 1 is 1.13 bits per heavy atom. The number of hydrogen-bond donors (Lipinski definition) is 1. The molecular weight excluding hydrogens is 396 g/mol. The van der Waals surface area contributed by atoms with Crippen molar-refractivity contribution in [2.45, 2.75) is 75.2 Å². The number of fused-ring (bicyclic) bond motifs is 6. The van der Waals surface area contributed by atoms with Gasteiger partial charge in [-0.2, -0.15) is 0 Å². The van der Waals surface area contributed by atoms with E-state index in [0.717, 1.165) is 31.4 Å². The van der Waals surface area contributed by atoms with Gasteiger partial charge in [-0.15, -0.1) is 0 Å². The second kappa shape index (κ2) is 8.43. The Labute approximate surface area is 183 Å². The highest BCUT2D eigenvalue weighted by atomic mass is 16.5. The molecule has 2 amide bonds. The van der Waals surface area contributed by atoms with E-state index in [1.807, 2.05) is 24.0 Å². The van der Waals surface area contributed by atoms with Gasteiger partial charge in [-0.3, -0.25) is 9.59 Å². The normalized spacial score (nSPS) is 36.4. The molecule has 7 nitrogen and oxygen atoms in total. The van der Waals surface area contributed by atoms with Gasteiger partial charge in [-0.1, -0.05) is 18.2 Å². The summed E-state index contributed by atoms with van der Waals surface area (Å²) in [6.45, 7) is 3.48. The van der Waals surface area contributed by atoms with Crippen LogP contribution in [0.5, 0.6) is 5.75 Å². The lowest BCUT2D eigenvalue weighted by Crippen LogP contribution is -2.65. The van der Waals surface area contributed by atoms with Crippen molar-refractivity contribution in [2.75, 3.05) is 26.4 Å². The van der Waals surface area contributed by atoms with E-state index >= 15 is 0 Å². The Balaban J connectivity index is 1.43. The molecule has 31 heavy (non-hydrogen) atoms. The second-order valence-electron chi connectivity index (χ2n) is 9.53. The molecule has 0 radical (unpaired) electrons. The van der Waals surface area contributed by atoms with Crippen LogP contribution >= 0.6 is 0 Å². The lowest BCUT2D eigenvalue weighted by Gasteiger charge is -2.42. The number of ether oxygens (including phenoxy) is 3. The van der Waals surface area contributed by atoms with Crippen molar-refractivity contribution in [2.24, 2.45) is 0 Å². The third kappa shape index (κ3) is 4.05. The predicted molar refractivity (Wildman–Crippen MR) is 114 cm³/mol. The number of para-hydroxylation sites is 1. The van der Waals surface area contributed by atoms with Gasteiger partial charge in [0, 0.05) is 6.54 Å². The van der Waals surface area contributed by atoms with Crippen molar-refractivity contribution in [1.82, 2.24) is 10.2 Å². The summed E-state index contributed by atoms with van der Waals surface area (Å²) < 4.78 is 18.3. The fraction of sp³-hybridized carbons (Fsp3) is 0.667. The van der Waals surface area contributed by atoms with Crippen LogP contribution in [0.15, 0.2) is 24.3 Å². The highest BCUT2D eigenvalue weighted by Gasteiger charge is 2.52. The standard InChI is InChI=1S/C24H32N2O5/c1-16-12-23(28)26-11-10-24(15-29-14-22(27)25-24)21(26)13-30-18-8-6-17(7-9-18)19-4-2-3-5-20(19)31-16/h2-5,16-18,21H,6-15H2,1H3,(H,25,27)/t16-,17-,18+,21-,24+/m0/s1. The Morgan fingerprint density at radius 3 is 2.74 bits per heavy atom. The molecule has 2 saturated heterocycles. The van der Waals surface area contributed by atoms with Gasteiger partial charge >= 0.3 is 0 Å². The average molecular weight is 429 g/mol. The van der Waals surface area contributed by atoms with E-state index < -0.39 is 5.54 Å². The smallest absolute Gasteiger partial charge is 0.246 e. The van der Waals surface area contributed by atoms with E-state index in [1.165, 1.54) is 5.56 Å². The minimum atomic E-state index is -0.560. The summed E-state index contributed by atoms with van der Waals surface area (Å²) in [6.07, 6.45) is 5.04. The zero-order valence-corrected chi connectivity index (χ0v) is 18.2. The first-order valence-electron chi connectivity index (χ1n) is 11.6. The molecule has 0 unspecified atom stereocenters. The molecule has 5 aliphatic rings. The molecule has 2 bridgehead atoms. The molecule has 3 atom stereocenters. The number of carbonyl (C=O) groups excluding carboxylic acids is 2. The van der Waals surface area contributed by atoms with E-state index in [-0.39, 0.29) is 36.7 Å². The molecular formula is C24H32N2O5. The van der Waals surface area contributed by atoms with Gasteiger partial charge in [0.25, 0.3) is 0 Å². The van der Waals surface area contributed by atoms with Gasteiger partial charge in [0.1, 0.15) is 18.5 Å². The zero-order chi connectivity index (χ0) is 21.4. The summed E-state index contributed by atoms with van der Waals surface area (Å²) in [5.74, 6) is 1.28. The van der Waals surface area contributed by atoms with Crippen LogP contribution in [0.1, 0.15) is 56.9 Å². The fourth-order valence-corrected chi connectivity index (χ4v) is 5.79. The molecule has 1 aliphatic carbocycles. The van der Waals surface area contributed by atoms with Crippen LogP contribution in [0, 0.1) is 0 Å². The SMILES string of the molecule is C[C@H]1CC(=O)N2CC[C@@]3(COCC(=O)N3)[C@@H]2CO[C@H]2CC[C@H](CC2)c2ccccc2O1. The fourth-order valence-electron chi connectivity index (χ4n) is 5.79. The van der Waals surface area contributed by atoms with E-state index in [0.29, 0.717) is 38.5 Å². The molecule has 6 rings (SSSR count). The first-order valence-corrected chi connectivity index (χ1v) is 11.6. The maximum Gasteiger partial charge on any atom is 0.246 e. The highest BCUT2D eigenvalue weighted by molar-refractivity contribution is 5.81. The molecule has 3 fully saturated rings. The summed E-state index contributed by atoms with van der Waals surface area (Å²) in [5.41, 5.74) is 0.688. The first-order chi connectivity index (χ1) is 15.0. The third-order valence-electron chi connectivity index (χ3n) is 7.43. The molecule has 0 aromatic heterocycles. The quantitative estimate of drug-likeness (QED) is 0.687. The number of nitrogens with one attached hydrogen (secondary N) is 1. The van der Waals surface area contributed by atoms with Gasteiger partial charge in [-0.05, 0) is 56.6 Å². The third-order valence-corrected chi connectivity index (χ3v) is 7.43. The van der Waals surface area contributed by atoms with Crippen molar-refractivity contribution >= 4 is 11.8 Å². The van der Waals surface area contributed by atoms with E-state index in [1.54, 1.807) is 0 Å². The van der Waals surface area contributed by atoms with Crippen LogP contribution in [0.4, 0.5) is 0 Å². The molecule has 1 aromatic rings. The molecule has 4 aliphatic heterocycles. The molecule has 168 valence electrons. The van der Waals surface area contributed by atoms with E-state index in [9.17, 15) is 9.59 Å². The number of benzene rings is 1. The number of rotatable bonds is 0. The number of amides is 2. The van der Waals surface area contributed by atoms with Gasteiger partial charge in [0.15, 0.2) is 0 Å². The molecule has 1 saturated carbocycles. The number of morpholine rings is 1. The second-order valence-corrected chi connectivity index (χ2v) is 9.53. The number of carbonyl (C=O) groups is 2. The molecule has 1 aromatic carbocycles. The van der Waals surface area contributed by atoms with Crippen LogP contribution in [0.25, 0.3) is 0 Å². The summed E-state index contributed by atoms with van der Waals surface area (Å²) in [7, 11) is 0. The maximum atomic E-state index is 13.3. The first kappa shape index (κ1) is 20.8. The van der Waals surface area contributed by atoms with Gasteiger partial charge in [0.2, 0.25) is 11.8 Å². The Hall–Kier alpha value is -2.12. The molecule has 1 N–H and O–H groups in total. The van der Waals surface area contributed by atoms with Crippen LogP contribution < -0.4 is 10.1 Å². The van der Waals surface area contributed by atoms with Gasteiger partial charge in [0.05, 0.1) is 37.3 Å². The summed E-state index contributed by atoms with van der Waals surface area (Å²) in [5, 5.41) is 3.14. The number of nitrogens with zero attached hydrogens (tertiary/aromatic N) is 1. The Bertz CT molecular complexity index is 837.